The molecule has 0 radical (unpaired) electrons. The normalized spacial score (nSPS) is 31.7. The van der Waals surface area contributed by atoms with Gasteiger partial charge in [-0.05, 0) is 37.5 Å². The number of aliphatic carboxylic acids is 1. The fourth-order valence-corrected chi connectivity index (χ4v) is 4.23. The summed E-state index contributed by atoms with van der Waals surface area (Å²) in [5.74, 6) is 0.125. The van der Waals surface area contributed by atoms with E-state index in [2.05, 4.69) is 0 Å². The number of carboxylic acids is 1. The lowest BCUT2D eigenvalue weighted by Crippen LogP contribution is -2.35. The van der Waals surface area contributed by atoms with Crippen molar-refractivity contribution < 1.29 is 14.7 Å². The first-order valence-corrected chi connectivity index (χ1v) is 8.68. The van der Waals surface area contributed by atoms with Crippen LogP contribution in [-0.2, 0) is 9.59 Å². The highest BCUT2D eigenvalue weighted by Crippen LogP contribution is 2.44. The molecule has 0 spiro atoms. The van der Waals surface area contributed by atoms with Crippen LogP contribution in [0.2, 0.25) is 0 Å². The first-order chi connectivity index (χ1) is 10.2. The van der Waals surface area contributed by atoms with Crippen molar-refractivity contribution >= 4 is 11.9 Å². The molecule has 21 heavy (non-hydrogen) atoms. The van der Waals surface area contributed by atoms with E-state index in [0.29, 0.717) is 19.0 Å². The van der Waals surface area contributed by atoms with Crippen LogP contribution in [0.4, 0.5) is 0 Å². The quantitative estimate of drug-likeness (QED) is 0.870. The number of nitrogens with zero attached hydrogens (tertiary/aromatic N) is 1. The molecule has 1 N–H and O–H groups in total. The van der Waals surface area contributed by atoms with Gasteiger partial charge in [0.25, 0.3) is 0 Å². The maximum atomic E-state index is 12.8. The maximum Gasteiger partial charge on any atom is 0.308 e. The van der Waals surface area contributed by atoms with Crippen molar-refractivity contribution in [3.05, 3.63) is 0 Å². The van der Waals surface area contributed by atoms with Gasteiger partial charge in [0, 0.05) is 19.0 Å². The summed E-state index contributed by atoms with van der Waals surface area (Å²) >= 11 is 0. The minimum atomic E-state index is -0.708. The molecule has 2 atom stereocenters. The van der Waals surface area contributed by atoms with Crippen LogP contribution in [0.5, 0.6) is 0 Å². The molecule has 2 aliphatic carbocycles. The third-order valence-corrected chi connectivity index (χ3v) is 5.68. The molecule has 4 nitrogen and oxygen atoms in total. The molecule has 1 saturated heterocycles. The number of hydrogen-bond donors (Lipinski definition) is 1. The summed E-state index contributed by atoms with van der Waals surface area (Å²) in [5, 5.41) is 9.41. The molecule has 1 heterocycles. The Hall–Kier alpha value is -1.06. The first-order valence-electron chi connectivity index (χ1n) is 8.68. The van der Waals surface area contributed by atoms with Crippen LogP contribution in [0, 0.1) is 23.7 Å². The van der Waals surface area contributed by atoms with E-state index in [-0.39, 0.29) is 23.7 Å². The highest BCUT2D eigenvalue weighted by atomic mass is 16.4. The Morgan fingerprint density at radius 2 is 1.48 bits per heavy atom. The highest BCUT2D eigenvalue weighted by Gasteiger charge is 2.47. The smallest absolute Gasteiger partial charge is 0.308 e. The van der Waals surface area contributed by atoms with Crippen LogP contribution >= 0.6 is 0 Å². The summed E-state index contributed by atoms with van der Waals surface area (Å²) in [7, 11) is 0. The molecule has 118 valence electrons. The number of rotatable bonds is 3. The van der Waals surface area contributed by atoms with E-state index in [1.54, 1.807) is 0 Å². The van der Waals surface area contributed by atoms with Gasteiger partial charge in [0.05, 0.1) is 5.92 Å². The zero-order chi connectivity index (χ0) is 14.8. The van der Waals surface area contributed by atoms with Gasteiger partial charge in [-0.3, -0.25) is 9.59 Å². The second-order valence-corrected chi connectivity index (χ2v) is 7.23. The molecule has 1 aliphatic heterocycles. The van der Waals surface area contributed by atoms with Gasteiger partial charge in [-0.2, -0.15) is 0 Å². The monoisotopic (exact) mass is 293 g/mol. The molecule has 3 fully saturated rings. The van der Waals surface area contributed by atoms with Crippen LogP contribution in [0.3, 0.4) is 0 Å². The number of carboxylic acid groups (broad SMARTS) is 1. The molecule has 2 saturated carbocycles. The number of likely N-dealkylation sites (tertiary alicyclic amines) is 1. The molecule has 0 bridgehead atoms. The predicted octanol–water partition coefficient (Wildman–Crippen LogP) is 2.92. The zero-order valence-electron chi connectivity index (χ0n) is 12.8. The summed E-state index contributed by atoms with van der Waals surface area (Å²) < 4.78 is 0. The lowest BCUT2D eigenvalue weighted by atomic mass is 9.90. The second kappa shape index (κ2) is 6.37. The van der Waals surface area contributed by atoms with Gasteiger partial charge in [-0.1, -0.05) is 32.1 Å². The lowest BCUT2D eigenvalue weighted by molar-refractivity contribution is -0.143. The third-order valence-electron chi connectivity index (χ3n) is 5.68. The minimum absolute atomic E-state index is 0.151. The van der Waals surface area contributed by atoms with Gasteiger partial charge in [-0.15, -0.1) is 0 Å². The van der Waals surface area contributed by atoms with Crippen LogP contribution < -0.4 is 0 Å². The van der Waals surface area contributed by atoms with Crippen LogP contribution in [0.1, 0.15) is 57.8 Å². The van der Waals surface area contributed by atoms with Gasteiger partial charge >= 0.3 is 5.97 Å². The van der Waals surface area contributed by atoms with E-state index < -0.39 is 5.97 Å². The molecule has 0 aromatic heterocycles. The van der Waals surface area contributed by atoms with E-state index in [1.165, 1.54) is 19.3 Å². The van der Waals surface area contributed by atoms with E-state index in [1.807, 2.05) is 4.90 Å². The Kier molecular flexibility index (Phi) is 4.51. The van der Waals surface area contributed by atoms with Crippen LogP contribution in [0.15, 0.2) is 0 Å². The predicted molar refractivity (Wildman–Crippen MR) is 79.7 cm³/mol. The summed E-state index contributed by atoms with van der Waals surface area (Å²) in [6, 6.07) is 0. The third kappa shape index (κ3) is 3.41. The molecular weight excluding hydrogens is 266 g/mol. The Bertz CT molecular complexity index is 397. The molecule has 4 heteroatoms. The van der Waals surface area contributed by atoms with Gasteiger partial charge in [0.2, 0.25) is 5.91 Å². The molecule has 0 aromatic rings. The molecule has 3 rings (SSSR count). The van der Waals surface area contributed by atoms with Crippen molar-refractivity contribution in [2.75, 3.05) is 13.1 Å². The Balaban J connectivity index is 1.62. The Morgan fingerprint density at radius 1 is 0.857 bits per heavy atom. The molecule has 3 aliphatic rings. The van der Waals surface area contributed by atoms with Crippen molar-refractivity contribution in [3.8, 4) is 0 Å². The topological polar surface area (TPSA) is 57.6 Å². The fraction of sp³-hybridized carbons (Fsp3) is 0.882. The van der Waals surface area contributed by atoms with Crippen molar-refractivity contribution in [2.24, 2.45) is 23.7 Å². The summed E-state index contributed by atoms with van der Waals surface area (Å²) in [6.07, 6.45) is 10.4. The van der Waals surface area contributed by atoms with E-state index >= 15 is 0 Å². The van der Waals surface area contributed by atoms with E-state index in [4.69, 9.17) is 0 Å². The first kappa shape index (κ1) is 14.9. The van der Waals surface area contributed by atoms with Crippen molar-refractivity contribution in [2.45, 2.75) is 57.8 Å². The summed E-state index contributed by atoms with van der Waals surface area (Å²) in [5.41, 5.74) is 0. The average molecular weight is 293 g/mol. The maximum absolute atomic E-state index is 12.8. The fourth-order valence-electron chi connectivity index (χ4n) is 4.23. The molecule has 0 aromatic carbocycles. The van der Waals surface area contributed by atoms with Gasteiger partial charge in [0.15, 0.2) is 0 Å². The zero-order valence-corrected chi connectivity index (χ0v) is 12.8. The number of carbonyl (C=O) groups is 2. The minimum Gasteiger partial charge on any atom is -0.481 e. The number of amides is 1. The average Bonchev–Trinajstić information content (AvgIpc) is 3.16. The van der Waals surface area contributed by atoms with E-state index in [0.717, 1.165) is 38.5 Å². The van der Waals surface area contributed by atoms with Gasteiger partial charge in [-0.25, -0.2) is 0 Å². The SMILES string of the molecule is O=C(O)[C@H]1CN(C(=O)C2CCCCCCC2)C[C@@H]1C1CC1. The van der Waals surface area contributed by atoms with Crippen LogP contribution in [0.25, 0.3) is 0 Å². The van der Waals surface area contributed by atoms with Gasteiger partial charge < -0.3 is 10.0 Å². The van der Waals surface area contributed by atoms with Gasteiger partial charge in [0.1, 0.15) is 0 Å². The van der Waals surface area contributed by atoms with Crippen molar-refractivity contribution in [3.63, 3.8) is 0 Å². The van der Waals surface area contributed by atoms with Crippen molar-refractivity contribution in [1.29, 1.82) is 0 Å². The summed E-state index contributed by atoms with van der Waals surface area (Å²) in [6.45, 7) is 1.14. The molecular formula is C17H27NO3. The van der Waals surface area contributed by atoms with Crippen LogP contribution in [-0.4, -0.2) is 35.0 Å². The second-order valence-electron chi connectivity index (χ2n) is 7.23. The number of carbonyl (C=O) groups excluding carboxylic acids is 1. The largest absolute Gasteiger partial charge is 0.481 e. The van der Waals surface area contributed by atoms with Crippen molar-refractivity contribution in [1.82, 2.24) is 4.90 Å². The number of hydrogen-bond acceptors (Lipinski definition) is 2. The van der Waals surface area contributed by atoms with E-state index in [9.17, 15) is 14.7 Å². The summed E-state index contributed by atoms with van der Waals surface area (Å²) in [4.78, 5) is 26.1. The Morgan fingerprint density at radius 3 is 2.05 bits per heavy atom. The Labute approximate surface area is 126 Å². The molecule has 0 unspecified atom stereocenters. The standard InChI is InChI=1S/C17H27NO3/c19-16(13-6-4-2-1-3-5-7-13)18-10-14(12-8-9-12)15(11-18)17(20)21/h12-15H,1-11H2,(H,20,21)/t14-,15+/m1/s1. The highest BCUT2D eigenvalue weighted by molar-refractivity contribution is 5.81. The molecule has 1 amide bonds. The lowest BCUT2D eigenvalue weighted by Gasteiger charge is -2.25.